The molecule has 2 aromatic carbocycles. The smallest absolute Gasteiger partial charge is 0.254 e. The predicted octanol–water partition coefficient (Wildman–Crippen LogP) is 6.01. The fourth-order valence-electron chi connectivity index (χ4n) is 4.48. The molecule has 0 saturated heterocycles. The molecule has 0 fully saturated rings. The van der Waals surface area contributed by atoms with E-state index in [2.05, 4.69) is 13.8 Å². The minimum absolute atomic E-state index is 0.0373. The van der Waals surface area contributed by atoms with E-state index < -0.39 is 12.0 Å². The summed E-state index contributed by atoms with van der Waals surface area (Å²) in [4.78, 5) is 32.2. The van der Waals surface area contributed by atoms with E-state index in [9.17, 15) is 9.59 Å². The summed E-state index contributed by atoms with van der Waals surface area (Å²) in [5.41, 5.74) is 1.92. The average Bonchev–Trinajstić information content (AvgIpc) is 3.34. The van der Waals surface area contributed by atoms with Crippen LogP contribution in [0.2, 0.25) is 5.02 Å². The third kappa shape index (κ3) is 4.37. The molecule has 0 bridgehead atoms. The number of fused-ring (bicyclic) bond motifs is 1. The second-order valence-electron chi connectivity index (χ2n) is 8.59. The van der Waals surface area contributed by atoms with Gasteiger partial charge in [0.25, 0.3) is 5.91 Å². The number of rotatable bonds is 6. The fourth-order valence-corrected chi connectivity index (χ4v) is 5.52. The van der Waals surface area contributed by atoms with Gasteiger partial charge in [-0.3, -0.25) is 9.59 Å². The van der Waals surface area contributed by atoms with Crippen molar-refractivity contribution in [1.82, 2.24) is 4.90 Å². The Morgan fingerprint density at radius 2 is 1.94 bits per heavy atom. The Labute approximate surface area is 203 Å². The third-order valence-corrected chi connectivity index (χ3v) is 7.11. The van der Waals surface area contributed by atoms with E-state index in [1.54, 1.807) is 48.6 Å². The van der Waals surface area contributed by atoms with Gasteiger partial charge in [-0.15, -0.1) is 11.3 Å². The summed E-state index contributed by atoms with van der Waals surface area (Å²) in [7, 11) is 3.30. The molecule has 0 N–H and O–H groups in total. The molecule has 0 spiro atoms. The number of likely N-dealkylation sites (N-methyl/N-ethyl adjacent to an activating group) is 1. The first-order chi connectivity index (χ1) is 15.8. The van der Waals surface area contributed by atoms with E-state index in [0.717, 1.165) is 10.4 Å². The van der Waals surface area contributed by atoms with Gasteiger partial charge in [-0.05, 0) is 47.2 Å². The van der Waals surface area contributed by atoms with Crippen LogP contribution in [0, 0.1) is 5.92 Å². The number of thiophene rings is 1. The third-order valence-electron chi connectivity index (χ3n) is 5.93. The summed E-state index contributed by atoms with van der Waals surface area (Å²) in [6.45, 7) is 4.72. The van der Waals surface area contributed by atoms with Crippen LogP contribution in [0.15, 0.2) is 60.0 Å². The second-order valence-corrected chi connectivity index (χ2v) is 10.0. The van der Waals surface area contributed by atoms with Crippen molar-refractivity contribution in [2.24, 2.45) is 5.92 Å². The zero-order valence-corrected chi connectivity index (χ0v) is 20.7. The van der Waals surface area contributed by atoms with Gasteiger partial charge in [0, 0.05) is 29.1 Å². The Bertz CT molecular complexity index is 1160. The lowest BCUT2D eigenvalue weighted by Gasteiger charge is -2.43. The van der Waals surface area contributed by atoms with Crippen LogP contribution in [-0.4, -0.2) is 37.4 Å². The maximum Gasteiger partial charge on any atom is 0.254 e. The quantitative estimate of drug-likeness (QED) is 0.432. The van der Waals surface area contributed by atoms with Gasteiger partial charge in [-0.2, -0.15) is 0 Å². The molecule has 0 radical (unpaired) electrons. The van der Waals surface area contributed by atoms with Crippen molar-refractivity contribution in [3.05, 3.63) is 81.0 Å². The first kappa shape index (κ1) is 23.3. The highest BCUT2D eigenvalue weighted by Crippen LogP contribution is 2.46. The minimum Gasteiger partial charge on any atom is -0.495 e. The van der Waals surface area contributed by atoms with Gasteiger partial charge in [0.15, 0.2) is 0 Å². The highest BCUT2D eigenvalue weighted by atomic mass is 35.5. The Balaban J connectivity index is 1.88. The number of carbonyl (C=O) groups is 2. The van der Waals surface area contributed by atoms with E-state index in [4.69, 9.17) is 16.3 Å². The summed E-state index contributed by atoms with van der Waals surface area (Å²) in [6, 6.07) is 16.2. The molecule has 4 rings (SSSR count). The summed E-state index contributed by atoms with van der Waals surface area (Å²) in [6.07, 6.45) is 0. The van der Waals surface area contributed by atoms with Gasteiger partial charge in [-0.25, -0.2) is 0 Å². The summed E-state index contributed by atoms with van der Waals surface area (Å²) >= 11 is 7.82. The van der Waals surface area contributed by atoms with Crippen LogP contribution in [0.25, 0.3) is 0 Å². The van der Waals surface area contributed by atoms with Crippen molar-refractivity contribution < 1.29 is 14.3 Å². The molecule has 7 heteroatoms. The fraction of sp³-hybridized carbons (Fsp3) is 0.308. The first-order valence-electron chi connectivity index (χ1n) is 10.9. The Hall–Kier alpha value is -2.83. The zero-order chi connectivity index (χ0) is 23.7. The Kier molecular flexibility index (Phi) is 6.77. The number of halogens is 1. The molecule has 2 atom stereocenters. The molecular formula is C26H27ClN2O3S. The number of ether oxygens (including phenoxy) is 1. The number of benzene rings is 2. The van der Waals surface area contributed by atoms with Gasteiger partial charge in [0.05, 0.1) is 24.8 Å². The summed E-state index contributed by atoms with van der Waals surface area (Å²) in [5.74, 6) is 0.0858. The van der Waals surface area contributed by atoms with Gasteiger partial charge < -0.3 is 14.5 Å². The molecule has 0 unspecified atom stereocenters. The molecule has 1 aliphatic heterocycles. The van der Waals surface area contributed by atoms with Gasteiger partial charge in [-0.1, -0.05) is 49.7 Å². The molecule has 1 aliphatic rings. The lowest BCUT2D eigenvalue weighted by atomic mass is 9.80. The lowest BCUT2D eigenvalue weighted by Crippen LogP contribution is -2.48. The SMILES string of the molecule is COc1ccc(Cl)cc1N(C)C(=O)[C@@H]1c2ccccc2C(=O)N(CC(C)C)[C@H]1c1cccs1. The second kappa shape index (κ2) is 9.57. The Morgan fingerprint density at radius 3 is 2.61 bits per heavy atom. The Morgan fingerprint density at radius 1 is 1.18 bits per heavy atom. The van der Waals surface area contributed by atoms with Gasteiger partial charge >= 0.3 is 0 Å². The number of carbonyl (C=O) groups excluding carboxylic acids is 2. The van der Waals surface area contributed by atoms with Crippen molar-refractivity contribution in [2.45, 2.75) is 25.8 Å². The summed E-state index contributed by atoms with van der Waals surface area (Å²) in [5, 5.41) is 2.50. The van der Waals surface area contributed by atoms with Crippen LogP contribution in [0.5, 0.6) is 5.75 Å². The molecule has 33 heavy (non-hydrogen) atoms. The number of hydrogen-bond donors (Lipinski definition) is 0. The molecule has 2 heterocycles. The van der Waals surface area contributed by atoms with Crippen LogP contribution in [-0.2, 0) is 4.79 Å². The van der Waals surface area contributed by atoms with E-state index in [1.165, 1.54) is 0 Å². The number of methoxy groups -OCH3 is 1. The van der Waals surface area contributed by atoms with Crippen LogP contribution in [0.3, 0.4) is 0 Å². The zero-order valence-electron chi connectivity index (χ0n) is 19.1. The van der Waals surface area contributed by atoms with Crippen LogP contribution in [0.1, 0.15) is 46.6 Å². The maximum atomic E-state index is 14.2. The molecule has 0 saturated carbocycles. The van der Waals surface area contributed by atoms with Crippen molar-refractivity contribution in [2.75, 3.05) is 25.6 Å². The molecule has 172 valence electrons. The average molecular weight is 483 g/mol. The van der Waals surface area contributed by atoms with Crippen molar-refractivity contribution >= 4 is 40.4 Å². The van der Waals surface area contributed by atoms with Gasteiger partial charge in [0.2, 0.25) is 5.91 Å². The number of hydrogen-bond acceptors (Lipinski definition) is 4. The molecule has 5 nitrogen and oxygen atoms in total. The topological polar surface area (TPSA) is 49.9 Å². The molecular weight excluding hydrogens is 456 g/mol. The first-order valence-corrected chi connectivity index (χ1v) is 12.1. The van der Waals surface area contributed by atoms with Crippen LogP contribution >= 0.6 is 22.9 Å². The van der Waals surface area contributed by atoms with Crippen molar-refractivity contribution in [3.8, 4) is 5.75 Å². The number of nitrogens with zero attached hydrogens (tertiary/aromatic N) is 2. The van der Waals surface area contributed by atoms with Crippen molar-refractivity contribution in [1.29, 1.82) is 0 Å². The largest absolute Gasteiger partial charge is 0.495 e. The van der Waals surface area contributed by atoms with E-state index in [0.29, 0.717) is 28.6 Å². The number of amides is 2. The predicted molar refractivity (Wildman–Crippen MR) is 134 cm³/mol. The summed E-state index contributed by atoms with van der Waals surface area (Å²) < 4.78 is 5.50. The van der Waals surface area contributed by atoms with Gasteiger partial charge in [0.1, 0.15) is 5.75 Å². The normalized spacial score (nSPS) is 17.8. The number of anilines is 1. The lowest BCUT2D eigenvalue weighted by molar-refractivity contribution is -0.121. The minimum atomic E-state index is -0.565. The highest BCUT2D eigenvalue weighted by molar-refractivity contribution is 7.10. The molecule has 3 aromatic rings. The standard InChI is InChI=1S/C26H27ClN2O3S/c1-16(2)15-29-24(22-10-7-13-33-22)23(18-8-5-6-9-19(18)25(29)30)26(31)28(3)20-14-17(27)11-12-21(20)32-4/h5-14,16,23-24H,15H2,1-4H3/t23-,24+/m1/s1. The maximum absolute atomic E-state index is 14.2. The molecule has 2 amide bonds. The molecule has 1 aromatic heterocycles. The van der Waals surface area contributed by atoms with Crippen LogP contribution in [0.4, 0.5) is 5.69 Å². The van der Waals surface area contributed by atoms with Crippen LogP contribution < -0.4 is 9.64 Å². The monoisotopic (exact) mass is 482 g/mol. The molecule has 0 aliphatic carbocycles. The van der Waals surface area contributed by atoms with Crippen molar-refractivity contribution in [3.63, 3.8) is 0 Å². The van der Waals surface area contributed by atoms with E-state index >= 15 is 0 Å². The highest BCUT2D eigenvalue weighted by Gasteiger charge is 2.45. The van der Waals surface area contributed by atoms with E-state index in [1.807, 2.05) is 46.7 Å². The van der Waals surface area contributed by atoms with E-state index in [-0.39, 0.29) is 17.7 Å².